The lowest BCUT2D eigenvalue weighted by molar-refractivity contribution is 0.157. The van der Waals surface area contributed by atoms with E-state index in [2.05, 4.69) is 11.9 Å². The number of likely N-dealkylation sites (N-methyl/N-ethyl adjacent to an activating group) is 1. The van der Waals surface area contributed by atoms with Gasteiger partial charge in [-0.15, -0.1) is 0 Å². The highest BCUT2D eigenvalue weighted by molar-refractivity contribution is 5.41. The zero-order valence-corrected chi connectivity index (χ0v) is 10.7. The summed E-state index contributed by atoms with van der Waals surface area (Å²) in [4.78, 5) is 2.23. The van der Waals surface area contributed by atoms with E-state index in [1.54, 1.807) is 7.11 Å². The summed E-state index contributed by atoms with van der Waals surface area (Å²) >= 11 is 0. The highest BCUT2D eigenvalue weighted by Crippen LogP contribution is 2.13. The molecule has 96 valence electrons. The number of benzene rings is 1. The van der Waals surface area contributed by atoms with E-state index < -0.39 is 0 Å². The van der Waals surface area contributed by atoms with Crippen molar-refractivity contribution in [2.24, 2.45) is 0 Å². The van der Waals surface area contributed by atoms with Gasteiger partial charge in [0.15, 0.2) is 0 Å². The molecule has 1 aromatic rings. The van der Waals surface area contributed by atoms with Crippen LogP contribution in [0.2, 0.25) is 0 Å². The third kappa shape index (κ3) is 6.14. The number of hydrogen-bond donors (Lipinski definition) is 1. The Morgan fingerprint density at radius 2 is 1.82 bits per heavy atom. The summed E-state index contributed by atoms with van der Waals surface area (Å²) in [5.41, 5.74) is 6.35. The van der Waals surface area contributed by atoms with Gasteiger partial charge in [0.05, 0.1) is 13.2 Å². The van der Waals surface area contributed by atoms with Crippen LogP contribution in [0.4, 0.5) is 5.69 Å². The van der Waals surface area contributed by atoms with E-state index in [4.69, 9.17) is 15.2 Å². The molecule has 0 fully saturated rings. The standard InChI is InChI=1S/C13H22N2O2/c1-15(9-11-16-2)8-3-10-17-13-6-4-12(14)5-7-13/h4-7H,3,8-11,14H2,1-2H3. The summed E-state index contributed by atoms with van der Waals surface area (Å²) in [6.45, 7) is 3.47. The van der Waals surface area contributed by atoms with Crippen molar-refractivity contribution in [3.05, 3.63) is 24.3 Å². The smallest absolute Gasteiger partial charge is 0.119 e. The van der Waals surface area contributed by atoms with E-state index in [1.807, 2.05) is 24.3 Å². The van der Waals surface area contributed by atoms with Gasteiger partial charge in [-0.25, -0.2) is 0 Å². The molecule has 17 heavy (non-hydrogen) atoms. The zero-order chi connectivity index (χ0) is 12.5. The number of nitrogens with zero attached hydrogens (tertiary/aromatic N) is 1. The fourth-order valence-electron chi connectivity index (χ4n) is 1.45. The lowest BCUT2D eigenvalue weighted by Crippen LogP contribution is -2.25. The second-order valence-electron chi connectivity index (χ2n) is 4.07. The molecule has 2 N–H and O–H groups in total. The first kappa shape index (κ1) is 13.8. The van der Waals surface area contributed by atoms with E-state index >= 15 is 0 Å². The highest BCUT2D eigenvalue weighted by atomic mass is 16.5. The Balaban J connectivity index is 2.09. The molecule has 0 spiro atoms. The minimum atomic E-state index is 0.723. The van der Waals surface area contributed by atoms with Crippen LogP contribution >= 0.6 is 0 Å². The van der Waals surface area contributed by atoms with Crippen LogP contribution in [0.1, 0.15) is 6.42 Å². The molecule has 0 heterocycles. The number of nitrogens with two attached hydrogens (primary N) is 1. The van der Waals surface area contributed by atoms with Gasteiger partial charge in [-0.3, -0.25) is 0 Å². The summed E-state index contributed by atoms with van der Waals surface area (Å²) < 4.78 is 10.6. The number of ether oxygens (including phenoxy) is 2. The van der Waals surface area contributed by atoms with Gasteiger partial charge in [0.2, 0.25) is 0 Å². The molecule has 0 amide bonds. The van der Waals surface area contributed by atoms with Crippen molar-refractivity contribution in [1.29, 1.82) is 0 Å². The number of rotatable bonds is 8. The SMILES string of the molecule is COCCN(C)CCCOc1ccc(N)cc1. The van der Waals surface area contributed by atoms with Crippen LogP contribution in [0.15, 0.2) is 24.3 Å². The predicted octanol–water partition coefficient (Wildman–Crippen LogP) is 1.62. The normalized spacial score (nSPS) is 10.8. The van der Waals surface area contributed by atoms with Gasteiger partial charge in [-0.05, 0) is 37.7 Å². The first-order chi connectivity index (χ1) is 8.22. The van der Waals surface area contributed by atoms with Crippen molar-refractivity contribution in [2.75, 3.05) is 46.2 Å². The summed E-state index contributed by atoms with van der Waals surface area (Å²) in [5, 5.41) is 0. The zero-order valence-electron chi connectivity index (χ0n) is 10.7. The van der Waals surface area contributed by atoms with Crippen LogP contribution in [-0.4, -0.2) is 45.4 Å². The molecule has 0 aliphatic carbocycles. The third-order valence-electron chi connectivity index (χ3n) is 2.51. The van der Waals surface area contributed by atoms with Gasteiger partial charge in [-0.1, -0.05) is 0 Å². The number of nitrogen functional groups attached to an aromatic ring is 1. The summed E-state index contributed by atoms with van der Waals surface area (Å²) in [7, 11) is 3.81. The Labute approximate surface area is 103 Å². The van der Waals surface area contributed by atoms with Crippen LogP contribution < -0.4 is 10.5 Å². The van der Waals surface area contributed by atoms with Crippen molar-refractivity contribution < 1.29 is 9.47 Å². The Kier molecular flexibility index (Phi) is 6.43. The van der Waals surface area contributed by atoms with Crippen LogP contribution in [0.5, 0.6) is 5.75 Å². The maximum Gasteiger partial charge on any atom is 0.119 e. The predicted molar refractivity (Wildman–Crippen MR) is 70.3 cm³/mol. The number of anilines is 1. The third-order valence-corrected chi connectivity index (χ3v) is 2.51. The minimum absolute atomic E-state index is 0.723. The lowest BCUT2D eigenvalue weighted by Gasteiger charge is -2.15. The molecule has 0 aromatic heterocycles. The Bertz CT molecular complexity index is 301. The van der Waals surface area contributed by atoms with Gasteiger partial charge in [0.1, 0.15) is 5.75 Å². The molecule has 0 saturated carbocycles. The molecule has 0 bridgehead atoms. The molecule has 4 nitrogen and oxygen atoms in total. The molecule has 4 heteroatoms. The van der Waals surface area contributed by atoms with Gasteiger partial charge < -0.3 is 20.1 Å². The minimum Gasteiger partial charge on any atom is -0.494 e. The van der Waals surface area contributed by atoms with E-state index in [1.165, 1.54) is 0 Å². The molecule has 0 aliphatic rings. The molecule has 0 aliphatic heterocycles. The summed E-state index contributed by atoms with van der Waals surface area (Å²) in [6.07, 6.45) is 1.00. The number of methoxy groups -OCH3 is 1. The van der Waals surface area contributed by atoms with Gasteiger partial charge in [0, 0.05) is 25.9 Å². The second-order valence-corrected chi connectivity index (χ2v) is 4.07. The van der Waals surface area contributed by atoms with Crippen molar-refractivity contribution in [2.45, 2.75) is 6.42 Å². The van der Waals surface area contributed by atoms with Crippen LogP contribution in [0.3, 0.4) is 0 Å². The van der Waals surface area contributed by atoms with Crippen LogP contribution in [0, 0.1) is 0 Å². The summed E-state index contributed by atoms with van der Waals surface area (Å²) in [6, 6.07) is 7.48. The lowest BCUT2D eigenvalue weighted by atomic mass is 10.3. The number of hydrogen-bond acceptors (Lipinski definition) is 4. The maximum atomic E-state index is 5.60. The van der Waals surface area contributed by atoms with E-state index in [9.17, 15) is 0 Å². The average Bonchev–Trinajstić information content (AvgIpc) is 2.34. The van der Waals surface area contributed by atoms with Gasteiger partial charge in [-0.2, -0.15) is 0 Å². The quantitative estimate of drug-likeness (QED) is 0.552. The van der Waals surface area contributed by atoms with Crippen LogP contribution in [0.25, 0.3) is 0 Å². The fraction of sp³-hybridized carbons (Fsp3) is 0.538. The molecule has 1 rings (SSSR count). The average molecular weight is 238 g/mol. The van der Waals surface area contributed by atoms with E-state index in [-0.39, 0.29) is 0 Å². The molecular formula is C13H22N2O2. The summed E-state index contributed by atoms with van der Waals surface area (Å²) in [5.74, 6) is 0.874. The molecule has 1 aromatic carbocycles. The Morgan fingerprint density at radius 1 is 1.12 bits per heavy atom. The second kappa shape index (κ2) is 7.92. The fourth-order valence-corrected chi connectivity index (χ4v) is 1.45. The van der Waals surface area contributed by atoms with Crippen molar-refractivity contribution >= 4 is 5.69 Å². The van der Waals surface area contributed by atoms with Crippen molar-refractivity contribution in [3.63, 3.8) is 0 Å². The van der Waals surface area contributed by atoms with E-state index in [0.717, 1.165) is 44.2 Å². The monoisotopic (exact) mass is 238 g/mol. The van der Waals surface area contributed by atoms with Crippen molar-refractivity contribution in [3.8, 4) is 5.75 Å². The maximum absolute atomic E-state index is 5.60. The van der Waals surface area contributed by atoms with Crippen molar-refractivity contribution in [1.82, 2.24) is 4.90 Å². The van der Waals surface area contributed by atoms with Gasteiger partial charge in [0.25, 0.3) is 0 Å². The first-order valence-corrected chi connectivity index (χ1v) is 5.88. The van der Waals surface area contributed by atoms with Gasteiger partial charge >= 0.3 is 0 Å². The Morgan fingerprint density at radius 3 is 2.47 bits per heavy atom. The molecule has 0 unspecified atom stereocenters. The highest BCUT2D eigenvalue weighted by Gasteiger charge is 1.98. The Hall–Kier alpha value is -1.26. The topological polar surface area (TPSA) is 47.7 Å². The molecule has 0 saturated heterocycles. The van der Waals surface area contributed by atoms with Crippen LogP contribution in [-0.2, 0) is 4.74 Å². The first-order valence-electron chi connectivity index (χ1n) is 5.88. The molecule has 0 atom stereocenters. The molecular weight excluding hydrogens is 216 g/mol. The molecule has 0 radical (unpaired) electrons. The largest absolute Gasteiger partial charge is 0.494 e. The van der Waals surface area contributed by atoms with E-state index in [0.29, 0.717) is 0 Å².